The van der Waals surface area contributed by atoms with Gasteiger partial charge in [0.05, 0.1) is 17.3 Å². The number of benzene rings is 1. The van der Waals surface area contributed by atoms with Crippen molar-refractivity contribution < 1.29 is 27.5 Å². The second kappa shape index (κ2) is 9.80. The fraction of sp³-hybridized carbons (Fsp3) is 0.391. The number of halogens is 3. The topological polar surface area (TPSA) is 119 Å². The molecule has 11 heteroatoms. The molecule has 8 nitrogen and oxygen atoms in total. The Hall–Kier alpha value is -3.47. The van der Waals surface area contributed by atoms with Gasteiger partial charge in [0.2, 0.25) is 5.91 Å². The molecule has 2 amide bonds. The van der Waals surface area contributed by atoms with Gasteiger partial charge in [0.15, 0.2) is 5.82 Å². The molecule has 1 saturated heterocycles. The van der Waals surface area contributed by atoms with Crippen molar-refractivity contribution in [2.45, 2.75) is 50.6 Å². The third kappa shape index (κ3) is 5.71. The molecule has 0 saturated carbocycles. The second-order valence-electron chi connectivity index (χ2n) is 8.21. The smallest absolute Gasteiger partial charge is 0.416 e. The van der Waals surface area contributed by atoms with Crippen molar-refractivity contribution >= 4 is 17.4 Å². The van der Waals surface area contributed by atoms with E-state index in [1.54, 1.807) is 0 Å². The molecule has 1 aromatic heterocycles. The van der Waals surface area contributed by atoms with Crippen LogP contribution < -0.4 is 21.1 Å². The lowest BCUT2D eigenvalue weighted by Gasteiger charge is -2.23. The van der Waals surface area contributed by atoms with Crippen LogP contribution >= 0.6 is 0 Å². The van der Waals surface area contributed by atoms with Gasteiger partial charge in [-0.25, -0.2) is 9.97 Å². The zero-order chi connectivity index (χ0) is 24.3. The van der Waals surface area contributed by atoms with Crippen LogP contribution in [0.3, 0.4) is 0 Å². The van der Waals surface area contributed by atoms with Crippen molar-refractivity contribution in [2.75, 3.05) is 6.54 Å². The van der Waals surface area contributed by atoms with Gasteiger partial charge in [-0.2, -0.15) is 13.2 Å². The Morgan fingerprint density at radius 3 is 2.56 bits per heavy atom. The molecule has 1 unspecified atom stereocenters. The first kappa shape index (κ1) is 23.7. The minimum absolute atomic E-state index is 0.0709. The lowest BCUT2D eigenvalue weighted by Crippen LogP contribution is -2.36. The molecule has 4 rings (SSSR count). The highest BCUT2D eigenvalue weighted by molar-refractivity contribution is 5.91. The Balaban J connectivity index is 1.43. The largest absolute Gasteiger partial charge is 0.490 e. The normalized spacial score (nSPS) is 20.6. The summed E-state index contributed by atoms with van der Waals surface area (Å²) in [5.41, 5.74) is 6.18. The van der Waals surface area contributed by atoms with Gasteiger partial charge in [0, 0.05) is 19.5 Å². The molecule has 0 radical (unpaired) electrons. The highest BCUT2D eigenvalue weighted by Gasteiger charge is 2.30. The number of aromatic nitrogens is 2. The zero-order valence-corrected chi connectivity index (χ0v) is 18.2. The number of ether oxygens (including phenoxy) is 1. The van der Waals surface area contributed by atoms with Gasteiger partial charge in [0.25, 0.3) is 5.91 Å². The van der Waals surface area contributed by atoms with Gasteiger partial charge in [0.1, 0.15) is 17.5 Å². The van der Waals surface area contributed by atoms with E-state index in [9.17, 15) is 22.8 Å². The van der Waals surface area contributed by atoms with Gasteiger partial charge < -0.3 is 21.1 Å². The molecule has 2 heterocycles. The number of allylic oxidation sites excluding steroid dienone is 1. The molecule has 1 fully saturated rings. The van der Waals surface area contributed by atoms with E-state index in [1.165, 1.54) is 18.2 Å². The summed E-state index contributed by atoms with van der Waals surface area (Å²) < 4.78 is 44.0. The standard InChI is InChI=1S/C23H24F3N5O3/c24-23(25,26)14-3-7-17(8-4-14)34-16-5-1-13(2-6-16)21-30-15(11-19(31-21)20(27)32)12-29-18-9-10-28-22(18)33/h1,3-4,7-8,11,16,18,29H,2,5-6,9-10,12H2,(H2,27,32)(H,28,33)/t16?,18-/m1/s1. The summed E-state index contributed by atoms with van der Waals surface area (Å²) in [7, 11) is 0. The summed E-state index contributed by atoms with van der Waals surface area (Å²) in [6.07, 6.45) is -0.348. The number of nitrogens with two attached hydrogens (primary N) is 1. The fourth-order valence-electron chi connectivity index (χ4n) is 3.91. The first-order valence-corrected chi connectivity index (χ1v) is 10.9. The maximum Gasteiger partial charge on any atom is 0.416 e. The van der Waals surface area contributed by atoms with E-state index in [-0.39, 0.29) is 30.3 Å². The van der Waals surface area contributed by atoms with Crippen LogP contribution in [0, 0.1) is 0 Å². The Labute approximate surface area is 193 Å². The predicted octanol–water partition coefficient (Wildman–Crippen LogP) is 2.59. The molecule has 4 N–H and O–H groups in total. The third-order valence-electron chi connectivity index (χ3n) is 5.74. The van der Waals surface area contributed by atoms with Gasteiger partial charge in [-0.15, -0.1) is 0 Å². The van der Waals surface area contributed by atoms with Crippen LogP contribution in [-0.2, 0) is 17.5 Å². The molecule has 1 aliphatic carbocycles. The minimum Gasteiger partial charge on any atom is -0.490 e. The van der Waals surface area contributed by atoms with Crippen LogP contribution in [0.25, 0.3) is 5.57 Å². The van der Waals surface area contributed by atoms with Gasteiger partial charge in [-0.05, 0) is 55.2 Å². The first-order chi connectivity index (χ1) is 16.2. The van der Waals surface area contributed by atoms with Crippen molar-refractivity contribution in [1.29, 1.82) is 0 Å². The highest BCUT2D eigenvalue weighted by Crippen LogP contribution is 2.32. The monoisotopic (exact) mass is 475 g/mol. The molecule has 1 aliphatic heterocycles. The van der Waals surface area contributed by atoms with E-state index in [2.05, 4.69) is 20.6 Å². The number of hydrogen-bond donors (Lipinski definition) is 3. The molecule has 34 heavy (non-hydrogen) atoms. The Morgan fingerprint density at radius 2 is 1.97 bits per heavy atom. The van der Waals surface area contributed by atoms with Crippen LogP contribution in [-0.4, -0.2) is 40.5 Å². The van der Waals surface area contributed by atoms with Crippen molar-refractivity contribution in [2.24, 2.45) is 5.73 Å². The van der Waals surface area contributed by atoms with Gasteiger partial charge in [-0.3, -0.25) is 9.59 Å². The Bertz CT molecular complexity index is 1100. The van der Waals surface area contributed by atoms with Crippen molar-refractivity contribution in [1.82, 2.24) is 20.6 Å². The summed E-state index contributed by atoms with van der Waals surface area (Å²) in [4.78, 5) is 32.4. The average Bonchev–Trinajstić information content (AvgIpc) is 3.22. The number of carbonyl (C=O) groups is 2. The van der Waals surface area contributed by atoms with E-state index in [0.29, 0.717) is 49.5 Å². The summed E-state index contributed by atoms with van der Waals surface area (Å²) in [6, 6.07) is 5.80. The minimum atomic E-state index is -4.39. The van der Waals surface area contributed by atoms with Crippen LogP contribution in [0.2, 0.25) is 0 Å². The number of alkyl halides is 3. The summed E-state index contributed by atoms with van der Waals surface area (Å²) in [5, 5.41) is 5.88. The van der Waals surface area contributed by atoms with Gasteiger partial charge in [-0.1, -0.05) is 6.08 Å². The molecule has 0 bridgehead atoms. The second-order valence-corrected chi connectivity index (χ2v) is 8.21. The van der Waals surface area contributed by atoms with Crippen molar-refractivity contribution in [3.63, 3.8) is 0 Å². The molecular weight excluding hydrogens is 451 g/mol. The summed E-state index contributed by atoms with van der Waals surface area (Å²) in [5.74, 6) is 0.00463. The lowest BCUT2D eigenvalue weighted by molar-refractivity contribution is -0.137. The zero-order valence-electron chi connectivity index (χ0n) is 18.2. The summed E-state index contributed by atoms with van der Waals surface area (Å²) in [6.45, 7) is 0.890. The van der Waals surface area contributed by atoms with Crippen molar-refractivity contribution in [3.05, 3.63) is 59.2 Å². The lowest BCUT2D eigenvalue weighted by atomic mass is 9.96. The average molecular weight is 475 g/mol. The Kier molecular flexibility index (Phi) is 6.82. The molecule has 1 aromatic carbocycles. The maximum atomic E-state index is 12.7. The SMILES string of the molecule is NC(=O)c1cc(CN[C@@H]2CCNC2=O)nc(C2=CCC(Oc3ccc(C(F)(F)F)cc3)CC2)n1. The number of amides is 2. The van der Waals surface area contributed by atoms with E-state index in [4.69, 9.17) is 10.5 Å². The number of hydrogen-bond acceptors (Lipinski definition) is 6. The van der Waals surface area contributed by atoms with E-state index in [1.807, 2.05) is 6.08 Å². The molecular formula is C23H24F3N5O3. The van der Waals surface area contributed by atoms with Crippen LogP contribution in [0.4, 0.5) is 13.2 Å². The van der Waals surface area contributed by atoms with E-state index < -0.39 is 17.6 Å². The number of primary amides is 1. The predicted molar refractivity (Wildman–Crippen MR) is 116 cm³/mol. The molecule has 0 spiro atoms. The molecule has 2 aromatic rings. The quantitative estimate of drug-likeness (QED) is 0.567. The molecule has 2 atom stereocenters. The number of nitrogens with one attached hydrogen (secondary N) is 2. The number of rotatable bonds is 7. The van der Waals surface area contributed by atoms with Gasteiger partial charge >= 0.3 is 6.18 Å². The number of nitrogens with zero attached hydrogens (tertiary/aromatic N) is 2. The highest BCUT2D eigenvalue weighted by atomic mass is 19.4. The van der Waals surface area contributed by atoms with E-state index >= 15 is 0 Å². The van der Waals surface area contributed by atoms with Crippen molar-refractivity contribution in [3.8, 4) is 5.75 Å². The third-order valence-corrected chi connectivity index (χ3v) is 5.74. The first-order valence-electron chi connectivity index (χ1n) is 10.9. The summed E-state index contributed by atoms with van der Waals surface area (Å²) >= 11 is 0. The fourth-order valence-corrected chi connectivity index (χ4v) is 3.91. The number of carbonyl (C=O) groups excluding carboxylic acids is 2. The Morgan fingerprint density at radius 1 is 1.21 bits per heavy atom. The van der Waals surface area contributed by atoms with Crippen LogP contribution in [0.1, 0.15) is 53.3 Å². The van der Waals surface area contributed by atoms with E-state index in [0.717, 1.165) is 17.7 Å². The van der Waals surface area contributed by atoms with Crippen LogP contribution in [0.5, 0.6) is 5.75 Å². The molecule has 2 aliphatic rings. The molecule has 180 valence electrons. The maximum absolute atomic E-state index is 12.7. The van der Waals surface area contributed by atoms with Crippen LogP contribution in [0.15, 0.2) is 36.4 Å².